The van der Waals surface area contributed by atoms with Crippen LogP contribution in [0.15, 0.2) is 0 Å². The molecule has 0 aromatic heterocycles. The Morgan fingerprint density at radius 2 is 0.453 bits per heavy atom. The zero-order valence-corrected chi connectivity index (χ0v) is 40.1. The molecule has 0 amide bonds. The van der Waals surface area contributed by atoms with Gasteiger partial charge in [-0.25, -0.2) is 0 Å². The molecule has 0 heterocycles. The summed E-state index contributed by atoms with van der Waals surface area (Å²) in [6.45, 7) is 17.6. The molecule has 0 saturated carbocycles. The van der Waals surface area contributed by atoms with Crippen LogP contribution in [0.5, 0.6) is 0 Å². The van der Waals surface area contributed by atoms with Gasteiger partial charge in [-0.05, 0) is 49.4 Å². The minimum atomic E-state index is -1.05. The summed E-state index contributed by atoms with van der Waals surface area (Å²) in [7, 11) is 0. The van der Waals surface area contributed by atoms with Gasteiger partial charge in [-0.15, -0.1) is 0 Å². The van der Waals surface area contributed by atoms with Crippen LogP contribution in [0.4, 0.5) is 0 Å². The van der Waals surface area contributed by atoms with E-state index < -0.39 is 44.9 Å². The molecule has 0 spiro atoms. The number of thiol groups is 4. The summed E-state index contributed by atoms with van der Waals surface area (Å²) in [5.74, 6) is -1.22. The number of hydrogen-bond acceptors (Lipinski definition) is 12. The van der Waals surface area contributed by atoms with E-state index in [-0.39, 0.29) is 20.1 Å². The standard InChI is InChI=1S/4C10H20O2S.Ir/c4*1-8(2)6-4-3-5-7-9(13)10(11)12;/h4*8-9,13H,3-7H2,1-2H3,(H,11,12);/p-4. The van der Waals surface area contributed by atoms with E-state index in [2.05, 4.69) is 106 Å². The molecular formula is C40H76IrO8S4-4. The maximum Gasteiger partial charge on any atom is 0.0541 e. The van der Waals surface area contributed by atoms with Gasteiger partial charge >= 0.3 is 0 Å². The van der Waals surface area contributed by atoms with Crippen molar-refractivity contribution in [1.82, 2.24) is 0 Å². The quantitative estimate of drug-likeness (QED) is 0.0507. The molecule has 321 valence electrons. The molecule has 4 unspecified atom stereocenters. The van der Waals surface area contributed by atoms with E-state index in [1.165, 1.54) is 51.4 Å². The number of carbonyl (C=O) groups excluding carboxylic acids is 4. The normalized spacial score (nSPS) is 13.0. The monoisotopic (exact) mass is 1010 g/mol. The van der Waals surface area contributed by atoms with Crippen LogP contribution in [0.25, 0.3) is 0 Å². The van der Waals surface area contributed by atoms with Crippen LogP contribution in [0.2, 0.25) is 0 Å². The predicted molar refractivity (Wildman–Crippen MR) is 223 cm³/mol. The number of rotatable bonds is 28. The van der Waals surface area contributed by atoms with Crippen molar-refractivity contribution in [1.29, 1.82) is 0 Å². The maximum atomic E-state index is 10.3. The first kappa shape index (κ1) is 62.1. The van der Waals surface area contributed by atoms with Gasteiger partial charge in [0.2, 0.25) is 0 Å². The molecule has 0 aromatic carbocycles. The molecule has 0 aromatic rings. The number of carboxylic acid groups (broad SMARTS) is 4. The molecule has 13 heteroatoms. The number of carboxylic acids is 4. The smallest absolute Gasteiger partial charge is 0.0541 e. The molecule has 53 heavy (non-hydrogen) atoms. The van der Waals surface area contributed by atoms with E-state index in [1.54, 1.807) is 0 Å². The third-order valence-electron chi connectivity index (χ3n) is 8.12. The van der Waals surface area contributed by atoms with Crippen LogP contribution in [-0.4, -0.2) is 44.9 Å². The molecule has 0 aliphatic rings. The SMILES string of the molecule is CC(C)CCCCCC(S)C(=O)[O-].CC(C)CCCCCC(S)C(=O)[O-].CC(C)CCCCCC(S)C(=O)[O-].CC(C)CCCCCC(S)C(=O)[O-].[Ir]. The summed E-state index contributed by atoms with van der Waals surface area (Å²) >= 11 is 15.6. The topological polar surface area (TPSA) is 161 Å². The van der Waals surface area contributed by atoms with Crippen molar-refractivity contribution in [3.63, 3.8) is 0 Å². The summed E-state index contributed by atoms with van der Waals surface area (Å²) in [5, 5.41) is 38.8. The van der Waals surface area contributed by atoms with Crippen molar-refractivity contribution in [2.45, 2.75) is 205 Å². The van der Waals surface area contributed by atoms with Crippen molar-refractivity contribution in [2.24, 2.45) is 23.7 Å². The van der Waals surface area contributed by atoms with Gasteiger partial charge in [0.1, 0.15) is 0 Å². The fourth-order valence-corrected chi connectivity index (χ4v) is 5.47. The fourth-order valence-electron chi connectivity index (χ4n) is 4.74. The summed E-state index contributed by atoms with van der Waals surface area (Å²) < 4.78 is 0. The van der Waals surface area contributed by atoms with Crippen LogP contribution in [0, 0.1) is 23.7 Å². The molecule has 0 N–H and O–H groups in total. The Hall–Kier alpha value is -0.0706. The zero-order valence-electron chi connectivity index (χ0n) is 34.1. The van der Waals surface area contributed by atoms with Gasteiger partial charge in [-0.1, -0.05) is 158 Å². The molecular weight excluding hydrogens is 929 g/mol. The Morgan fingerprint density at radius 3 is 0.566 bits per heavy atom. The average Bonchev–Trinajstić information content (AvgIpc) is 3.03. The average molecular weight is 1010 g/mol. The second-order valence-electron chi connectivity index (χ2n) is 15.5. The Labute approximate surface area is 360 Å². The van der Waals surface area contributed by atoms with Crippen LogP contribution < -0.4 is 20.4 Å². The Bertz CT molecular complexity index is 727. The van der Waals surface area contributed by atoms with E-state index in [0.29, 0.717) is 25.7 Å². The Balaban J connectivity index is -0.000000192. The molecule has 1 radical (unpaired) electrons. The van der Waals surface area contributed by atoms with Crippen LogP contribution in [-0.2, 0) is 39.3 Å². The minimum absolute atomic E-state index is 0. The molecule has 0 bridgehead atoms. The maximum absolute atomic E-state index is 10.3. The van der Waals surface area contributed by atoms with E-state index in [9.17, 15) is 39.6 Å². The molecule has 0 aliphatic carbocycles. The Morgan fingerprint density at radius 1 is 0.321 bits per heavy atom. The van der Waals surface area contributed by atoms with Gasteiger partial charge in [0.25, 0.3) is 0 Å². The third-order valence-corrected chi connectivity index (χ3v) is 10.0. The first-order valence-electron chi connectivity index (χ1n) is 19.7. The second kappa shape index (κ2) is 43.1. The first-order valence-corrected chi connectivity index (χ1v) is 21.8. The van der Waals surface area contributed by atoms with E-state index in [1.807, 2.05) is 0 Å². The molecule has 8 nitrogen and oxygen atoms in total. The van der Waals surface area contributed by atoms with Crippen LogP contribution in [0.3, 0.4) is 0 Å². The van der Waals surface area contributed by atoms with Gasteiger partial charge in [-0.3, -0.25) is 0 Å². The van der Waals surface area contributed by atoms with Crippen molar-refractivity contribution in [3.8, 4) is 0 Å². The van der Waals surface area contributed by atoms with Crippen molar-refractivity contribution in [2.75, 3.05) is 0 Å². The number of carbonyl (C=O) groups is 4. The fraction of sp³-hybridized carbons (Fsp3) is 0.900. The van der Waals surface area contributed by atoms with Gasteiger partial charge < -0.3 is 39.6 Å². The number of hydrogen-bond donors (Lipinski definition) is 4. The van der Waals surface area contributed by atoms with Gasteiger partial charge in [0, 0.05) is 41.1 Å². The summed E-state index contributed by atoms with van der Waals surface area (Å²) in [6.07, 6.45) is 20.3. The molecule has 4 atom stereocenters. The Kier molecular flexibility index (Phi) is 50.5. The van der Waals surface area contributed by atoms with Gasteiger partial charge in [-0.2, -0.15) is 50.5 Å². The van der Waals surface area contributed by atoms with Crippen molar-refractivity contribution >= 4 is 74.4 Å². The minimum Gasteiger partial charge on any atom is -0.549 e. The summed E-state index contributed by atoms with van der Waals surface area (Å²) in [4.78, 5) is 41.1. The van der Waals surface area contributed by atoms with Gasteiger partial charge in [0.05, 0.1) is 23.9 Å². The molecule has 0 rings (SSSR count). The summed E-state index contributed by atoms with van der Waals surface area (Å²) in [5.41, 5.74) is 0. The third kappa shape index (κ3) is 56.4. The number of unbranched alkanes of at least 4 members (excludes halogenated alkanes) is 8. The molecule has 0 aliphatic heterocycles. The molecule has 0 fully saturated rings. The summed E-state index contributed by atoms with van der Waals surface area (Å²) in [6, 6.07) is 0. The van der Waals surface area contributed by atoms with E-state index in [4.69, 9.17) is 0 Å². The van der Waals surface area contributed by atoms with Crippen LogP contribution in [0.1, 0.15) is 184 Å². The largest absolute Gasteiger partial charge is 0.549 e. The van der Waals surface area contributed by atoms with Crippen molar-refractivity contribution in [3.05, 3.63) is 0 Å². The van der Waals surface area contributed by atoms with Crippen molar-refractivity contribution < 1.29 is 59.7 Å². The van der Waals surface area contributed by atoms with Crippen LogP contribution >= 0.6 is 50.5 Å². The zero-order chi connectivity index (χ0) is 41.1. The molecule has 0 saturated heterocycles. The first-order chi connectivity index (χ1) is 24.1. The van der Waals surface area contributed by atoms with Gasteiger partial charge in [0.15, 0.2) is 0 Å². The van der Waals surface area contributed by atoms with E-state index in [0.717, 1.165) is 75.0 Å². The van der Waals surface area contributed by atoms with E-state index >= 15 is 0 Å². The number of aliphatic carboxylic acids is 4. The second-order valence-corrected chi connectivity index (χ2v) is 18.0. The predicted octanol–water partition coefficient (Wildman–Crippen LogP) is 6.56.